The van der Waals surface area contributed by atoms with Crippen LogP contribution in [0.5, 0.6) is 0 Å². The molecule has 106 valence electrons. The van der Waals surface area contributed by atoms with Crippen LogP contribution in [0.2, 0.25) is 0 Å². The van der Waals surface area contributed by atoms with Crippen LogP contribution in [-0.4, -0.2) is 24.2 Å². The Morgan fingerprint density at radius 1 is 1.32 bits per heavy atom. The molecule has 0 amide bonds. The second-order valence-corrected chi connectivity index (χ2v) is 6.80. The highest BCUT2D eigenvalue weighted by molar-refractivity contribution is 7.99. The van der Waals surface area contributed by atoms with E-state index in [0.29, 0.717) is 12.6 Å². The maximum absolute atomic E-state index is 5.18. The van der Waals surface area contributed by atoms with E-state index in [1.165, 1.54) is 36.1 Å². The van der Waals surface area contributed by atoms with Gasteiger partial charge in [-0.15, -0.1) is 0 Å². The Kier molecular flexibility index (Phi) is 6.21. The lowest BCUT2D eigenvalue weighted by Crippen LogP contribution is -2.26. The minimum absolute atomic E-state index is 0.701. The van der Waals surface area contributed by atoms with Crippen LogP contribution in [0.3, 0.4) is 0 Å². The van der Waals surface area contributed by atoms with Gasteiger partial charge in [-0.2, -0.15) is 11.8 Å². The number of thioether (sulfide) groups is 1. The molecule has 2 unspecified atom stereocenters. The zero-order valence-electron chi connectivity index (χ0n) is 12.0. The monoisotopic (exact) mass is 279 g/mol. The number of methoxy groups -OCH3 is 1. The van der Waals surface area contributed by atoms with Gasteiger partial charge in [0.2, 0.25) is 0 Å². The number of ether oxygens (including phenoxy) is 1. The van der Waals surface area contributed by atoms with Gasteiger partial charge >= 0.3 is 0 Å². The molecule has 1 saturated carbocycles. The van der Waals surface area contributed by atoms with Crippen LogP contribution >= 0.6 is 11.8 Å². The van der Waals surface area contributed by atoms with E-state index < -0.39 is 0 Å². The predicted molar refractivity (Wildman–Crippen MR) is 83.6 cm³/mol. The minimum Gasteiger partial charge on any atom is -0.380 e. The van der Waals surface area contributed by atoms with Crippen LogP contribution in [0.25, 0.3) is 0 Å². The number of benzene rings is 1. The molecule has 0 aliphatic heterocycles. The van der Waals surface area contributed by atoms with E-state index in [-0.39, 0.29) is 0 Å². The van der Waals surface area contributed by atoms with Gasteiger partial charge in [-0.25, -0.2) is 0 Å². The topological polar surface area (TPSA) is 21.3 Å². The standard InChI is InChI=1S/C16H25NOS/c1-3-19-16-8-7-15(10-16)17-11-13-5-4-6-14(9-13)12-18-2/h4-6,9,15-17H,3,7-8,10-12H2,1-2H3. The molecule has 1 aromatic carbocycles. The summed E-state index contributed by atoms with van der Waals surface area (Å²) < 4.78 is 5.18. The lowest BCUT2D eigenvalue weighted by molar-refractivity contribution is 0.185. The van der Waals surface area contributed by atoms with Crippen LogP contribution < -0.4 is 5.32 Å². The van der Waals surface area contributed by atoms with E-state index in [4.69, 9.17) is 4.74 Å². The van der Waals surface area contributed by atoms with Crippen molar-refractivity contribution < 1.29 is 4.74 Å². The maximum Gasteiger partial charge on any atom is 0.0713 e. The van der Waals surface area contributed by atoms with Crippen LogP contribution in [0.4, 0.5) is 0 Å². The highest BCUT2D eigenvalue weighted by atomic mass is 32.2. The van der Waals surface area contributed by atoms with E-state index in [1.807, 2.05) is 0 Å². The Bertz CT molecular complexity index is 383. The SMILES string of the molecule is CCSC1CCC(NCc2cccc(COC)c2)C1. The van der Waals surface area contributed by atoms with E-state index in [0.717, 1.165) is 11.8 Å². The lowest BCUT2D eigenvalue weighted by atomic mass is 10.1. The van der Waals surface area contributed by atoms with E-state index in [9.17, 15) is 0 Å². The highest BCUT2D eigenvalue weighted by Gasteiger charge is 2.23. The van der Waals surface area contributed by atoms with Gasteiger partial charge in [0.25, 0.3) is 0 Å². The van der Waals surface area contributed by atoms with Crippen molar-refractivity contribution in [2.24, 2.45) is 0 Å². The number of hydrogen-bond donors (Lipinski definition) is 1. The van der Waals surface area contributed by atoms with Crippen molar-refractivity contribution in [3.63, 3.8) is 0 Å². The predicted octanol–water partition coefficient (Wildman–Crippen LogP) is 3.60. The maximum atomic E-state index is 5.18. The number of nitrogens with one attached hydrogen (secondary N) is 1. The molecule has 1 aromatic rings. The second kappa shape index (κ2) is 7.93. The van der Waals surface area contributed by atoms with Gasteiger partial charge in [0, 0.05) is 24.9 Å². The van der Waals surface area contributed by atoms with Gasteiger partial charge in [0.1, 0.15) is 0 Å². The van der Waals surface area contributed by atoms with Gasteiger partial charge in [0.05, 0.1) is 6.61 Å². The quantitative estimate of drug-likeness (QED) is 0.824. The molecule has 2 nitrogen and oxygen atoms in total. The summed E-state index contributed by atoms with van der Waals surface area (Å²) in [6, 6.07) is 9.38. The first kappa shape index (κ1) is 14.9. The Balaban J connectivity index is 1.77. The Labute approximate surface area is 121 Å². The van der Waals surface area contributed by atoms with Crippen LogP contribution in [0.15, 0.2) is 24.3 Å². The molecule has 2 rings (SSSR count). The Morgan fingerprint density at radius 3 is 2.95 bits per heavy atom. The lowest BCUT2D eigenvalue weighted by Gasteiger charge is -2.13. The molecule has 1 aliphatic rings. The molecule has 1 aliphatic carbocycles. The first-order chi connectivity index (χ1) is 9.31. The number of rotatable bonds is 7. The molecule has 0 spiro atoms. The smallest absolute Gasteiger partial charge is 0.0713 e. The Morgan fingerprint density at radius 2 is 2.16 bits per heavy atom. The molecule has 19 heavy (non-hydrogen) atoms. The average Bonchev–Trinajstić information content (AvgIpc) is 2.86. The molecule has 0 aromatic heterocycles. The summed E-state index contributed by atoms with van der Waals surface area (Å²) >= 11 is 2.12. The highest BCUT2D eigenvalue weighted by Crippen LogP contribution is 2.29. The fraction of sp³-hybridized carbons (Fsp3) is 0.625. The van der Waals surface area contributed by atoms with Crippen LogP contribution in [0.1, 0.15) is 37.3 Å². The summed E-state index contributed by atoms with van der Waals surface area (Å²) in [5.41, 5.74) is 2.62. The summed E-state index contributed by atoms with van der Waals surface area (Å²) in [6.45, 7) is 3.94. The summed E-state index contributed by atoms with van der Waals surface area (Å²) in [5.74, 6) is 1.25. The molecule has 0 radical (unpaired) electrons. The molecule has 3 heteroatoms. The van der Waals surface area contributed by atoms with Crippen LogP contribution in [-0.2, 0) is 17.9 Å². The van der Waals surface area contributed by atoms with Gasteiger partial charge in [0.15, 0.2) is 0 Å². The first-order valence-electron chi connectivity index (χ1n) is 7.23. The molecular formula is C16H25NOS. The summed E-state index contributed by atoms with van der Waals surface area (Å²) in [6.07, 6.45) is 4.03. The summed E-state index contributed by atoms with van der Waals surface area (Å²) in [5, 5.41) is 4.58. The zero-order valence-corrected chi connectivity index (χ0v) is 12.8. The molecule has 1 fully saturated rings. The first-order valence-corrected chi connectivity index (χ1v) is 8.28. The fourth-order valence-electron chi connectivity index (χ4n) is 2.77. The third-order valence-electron chi connectivity index (χ3n) is 3.68. The van der Waals surface area contributed by atoms with Gasteiger partial charge in [-0.05, 0) is 36.1 Å². The molecule has 0 heterocycles. The minimum atomic E-state index is 0.701. The zero-order chi connectivity index (χ0) is 13.5. The third-order valence-corrected chi connectivity index (χ3v) is 4.92. The van der Waals surface area contributed by atoms with Crippen molar-refractivity contribution in [3.8, 4) is 0 Å². The number of hydrogen-bond acceptors (Lipinski definition) is 3. The summed E-state index contributed by atoms with van der Waals surface area (Å²) in [7, 11) is 1.75. The van der Waals surface area contributed by atoms with Crippen molar-refractivity contribution in [1.29, 1.82) is 0 Å². The average molecular weight is 279 g/mol. The van der Waals surface area contributed by atoms with Crippen molar-refractivity contribution >= 4 is 11.8 Å². The van der Waals surface area contributed by atoms with Crippen molar-refractivity contribution in [2.45, 2.75) is 50.6 Å². The van der Waals surface area contributed by atoms with Gasteiger partial charge in [-0.1, -0.05) is 31.2 Å². The van der Waals surface area contributed by atoms with E-state index >= 15 is 0 Å². The molecular weight excluding hydrogens is 254 g/mol. The van der Waals surface area contributed by atoms with Crippen molar-refractivity contribution in [1.82, 2.24) is 5.32 Å². The van der Waals surface area contributed by atoms with E-state index in [2.05, 4.69) is 48.3 Å². The van der Waals surface area contributed by atoms with Crippen molar-refractivity contribution in [2.75, 3.05) is 12.9 Å². The molecule has 1 N–H and O–H groups in total. The molecule has 0 saturated heterocycles. The van der Waals surface area contributed by atoms with Gasteiger partial charge < -0.3 is 10.1 Å². The van der Waals surface area contributed by atoms with Gasteiger partial charge in [-0.3, -0.25) is 0 Å². The largest absolute Gasteiger partial charge is 0.380 e. The molecule has 2 atom stereocenters. The van der Waals surface area contributed by atoms with Crippen LogP contribution in [0, 0.1) is 0 Å². The third kappa shape index (κ3) is 4.83. The van der Waals surface area contributed by atoms with Crippen molar-refractivity contribution in [3.05, 3.63) is 35.4 Å². The Hall–Kier alpha value is -0.510. The molecule has 0 bridgehead atoms. The normalized spacial score (nSPS) is 22.8. The second-order valence-electron chi connectivity index (χ2n) is 5.22. The van der Waals surface area contributed by atoms with E-state index in [1.54, 1.807) is 7.11 Å². The summed E-state index contributed by atoms with van der Waals surface area (Å²) in [4.78, 5) is 0. The fourth-order valence-corrected chi connectivity index (χ4v) is 3.91.